The van der Waals surface area contributed by atoms with Gasteiger partial charge in [-0.1, -0.05) is 35.9 Å². The van der Waals surface area contributed by atoms with E-state index in [1.54, 1.807) is 65.0 Å². The standard InChI is InChI=1S/C29H20ClN3O4S/c30-23-9-11-27-21(14-23)12-13-33(27)38(37)24-3-1-2-22(15-24)28(34)32-26-10-8-20(16-25(26)29(35)36)19-6-4-18(17-31)5-7-19/h1-11,14-16H,12-13H2,(H,32,34)(H,35,36). The first-order chi connectivity index (χ1) is 18.3. The minimum absolute atomic E-state index is 0.0766. The van der Waals surface area contributed by atoms with Gasteiger partial charge >= 0.3 is 5.97 Å². The number of hydrogen-bond donors (Lipinski definition) is 2. The molecule has 9 heteroatoms. The molecule has 0 aliphatic carbocycles. The van der Waals surface area contributed by atoms with Crippen molar-refractivity contribution in [2.45, 2.75) is 11.3 Å². The quantitative estimate of drug-likeness (QED) is 0.315. The van der Waals surface area contributed by atoms with Gasteiger partial charge in [-0.3, -0.25) is 9.10 Å². The molecular formula is C29H20ClN3O4S. The third-order valence-electron chi connectivity index (χ3n) is 6.24. The zero-order valence-electron chi connectivity index (χ0n) is 19.8. The fourth-order valence-corrected chi connectivity index (χ4v) is 5.81. The van der Waals surface area contributed by atoms with Crippen LogP contribution in [0.1, 0.15) is 31.8 Å². The second-order valence-electron chi connectivity index (χ2n) is 8.61. The van der Waals surface area contributed by atoms with E-state index in [0.717, 1.165) is 23.2 Å². The number of nitriles is 1. The van der Waals surface area contributed by atoms with Gasteiger partial charge in [0, 0.05) is 17.1 Å². The van der Waals surface area contributed by atoms with Gasteiger partial charge in [-0.25, -0.2) is 9.00 Å². The lowest BCUT2D eigenvalue weighted by Gasteiger charge is -2.18. The number of rotatable bonds is 6. The minimum Gasteiger partial charge on any atom is -0.478 e. The number of carbonyl (C=O) groups excluding carboxylic acids is 1. The van der Waals surface area contributed by atoms with Gasteiger partial charge in [0.25, 0.3) is 5.91 Å². The molecule has 1 atom stereocenters. The zero-order valence-corrected chi connectivity index (χ0v) is 21.4. The summed E-state index contributed by atoms with van der Waals surface area (Å²) < 4.78 is 15.1. The van der Waals surface area contributed by atoms with Gasteiger partial charge in [-0.2, -0.15) is 5.26 Å². The van der Waals surface area contributed by atoms with E-state index in [2.05, 4.69) is 5.32 Å². The summed E-state index contributed by atoms with van der Waals surface area (Å²) in [4.78, 5) is 25.5. The van der Waals surface area contributed by atoms with Crippen LogP contribution in [-0.4, -0.2) is 27.7 Å². The van der Waals surface area contributed by atoms with Crippen molar-refractivity contribution in [3.63, 3.8) is 0 Å². The molecule has 4 aromatic carbocycles. The lowest BCUT2D eigenvalue weighted by atomic mass is 10.0. The summed E-state index contributed by atoms with van der Waals surface area (Å²) in [7, 11) is -1.54. The highest BCUT2D eigenvalue weighted by Gasteiger charge is 2.25. The van der Waals surface area contributed by atoms with Crippen LogP contribution in [0.25, 0.3) is 11.1 Å². The van der Waals surface area contributed by atoms with Crippen molar-refractivity contribution >= 4 is 45.8 Å². The fourth-order valence-electron chi connectivity index (χ4n) is 4.33. The monoisotopic (exact) mass is 541 g/mol. The molecular weight excluding hydrogens is 522 g/mol. The summed E-state index contributed by atoms with van der Waals surface area (Å²) in [5.74, 6) is -1.72. The van der Waals surface area contributed by atoms with Crippen molar-refractivity contribution in [2.75, 3.05) is 16.2 Å². The Morgan fingerprint density at radius 3 is 2.47 bits per heavy atom. The highest BCUT2D eigenvalue weighted by Crippen LogP contribution is 2.33. The van der Waals surface area contributed by atoms with E-state index in [0.29, 0.717) is 27.6 Å². The summed E-state index contributed by atoms with van der Waals surface area (Å²) in [5, 5.41) is 22.1. The van der Waals surface area contributed by atoms with Gasteiger partial charge in [0.2, 0.25) is 0 Å². The molecule has 1 aliphatic heterocycles. The van der Waals surface area contributed by atoms with Gasteiger partial charge in [-0.15, -0.1) is 0 Å². The normalized spacial score (nSPS) is 12.9. The van der Waals surface area contributed by atoms with Crippen molar-refractivity contribution in [3.05, 3.63) is 112 Å². The second kappa shape index (κ2) is 10.5. The van der Waals surface area contributed by atoms with Gasteiger partial charge in [-0.05, 0) is 83.8 Å². The van der Waals surface area contributed by atoms with Crippen molar-refractivity contribution in [1.29, 1.82) is 5.26 Å². The summed E-state index contributed by atoms with van der Waals surface area (Å²) in [6, 6.07) is 25.4. The SMILES string of the molecule is N#Cc1ccc(-c2ccc(NC(=O)c3cccc(S(=O)N4CCc5cc(Cl)ccc54)c3)c(C(=O)O)c2)cc1. The minimum atomic E-state index is -1.54. The molecule has 0 radical (unpaired) electrons. The fraction of sp³-hybridized carbons (Fsp3) is 0.0690. The predicted octanol–water partition coefficient (Wildman–Crippen LogP) is 5.91. The van der Waals surface area contributed by atoms with Crippen LogP contribution in [0.4, 0.5) is 11.4 Å². The Balaban J connectivity index is 1.38. The average molecular weight is 542 g/mol. The first-order valence-corrected chi connectivity index (χ1v) is 13.1. The zero-order chi connectivity index (χ0) is 26.8. The maximum Gasteiger partial charge on any atom is 0.337 e. The topological polar surface area (TPSA) is 111 Å². The number of nitrogens with one attached hydrogen (secondary N) is 1. The van der Waals surface area contributed by atoms with E-state index < -0.39 is 22.9 Å². The number of amides is 1. The molecule has 0 bridgehead atoms. The Kier molecular flexibility index (Phi) is 6.97. The number of hydrogen-bond acceptors (Lipinski definition) is 4. The van der Waals surface area contributed by atoms with E-state index in [9.17, 15) is 18.9 Å². The molecule has 1 unspecified atom stereocenters. The van der Waals surface area contributed by atoms with Gasteiger partial charge in [0.05, 0.1) is 33.5 Å². The summed E-state index contributed by atoms with van der Waals surface area (Å²) >= 11 is 6.09. The molecule has 7 nitrogen and oxygen atoms in total. The van der Waals surface area contributed by atoms with Crippen LogP contribution < -0.4 is 9.62 Å². The first kappa shape index (κ1) is 25.2. The highest BCUT2D eigenvalue weighted by molar-refractivity contribution is 7.86. The summed E-state index contributed by atoms with van der Waals surface area (Å²) in [5.41, 5.74) is 4.04. The molecule has 188 valence electrons. The summed E-state index contributed by atoms with van der Waals surface area (Å²) in [6.45, 7) is 0.562. The number of carboxylic acid groups (broad SMARTS) is 1. The molecule has 4 aromatic rings. The Bertz CT molecular complexity index is 1650. The average Bonchev–Trinajstić information content (AvgIpc) is 3.35. The Hall–Kier alpha value is -4.45. The Morgan fingerprint density at radius 2 is 1.74 bits per heavy atom. The van der Waals surface area contributed by atoms with Crippen molar-refractivity contribution in [3.8, 4) is 17.2 Å². The third-order valence-corrected chi connectivity index (χ3v) is 7.91. The molecule has 1 amide bonds. The van der Waals surface area contributed by atoms with Gasteiger partial charge < -0.3 is 10.4 Å². The number of benzene rings is 4. The van der Waals surface area contributed by atoms with Crippen LogP contribution in [-0.2, 0) is 17.4 Å². The van der Waals surface area contributed by atoms with E-state index in [1.807, 2.05) is 18.2 Å². The number of carbonyl (C=O) groups is 2. The molecule has 38 heavy (non-hydrogen) atoms. The lowest BCUT2D eigenvalue weighted by molar-refractivity contribution is 0.0698. The third kappa shape index (κ3) is 5.02. The molecule has 0 spiro atoms. The Morgan fingerprint density at radius 1 is 0.974 bits per heavy atom. The largest absolute Gasteiger partial charge is 0.478 e. The first-order valence-electron chi connectivity index (χ1n) is 11.6. The number of fused-ring (bicyclic) bond motifs is 1. The molecule has 0 saturated heterocycles. The predicted molar refractivity (Wildman–Crippen MR) is 147 cm³/mol. The number of nitrogens with zero attached hydrogens (tertiary/aromatic N) is 2. The molecule has 1 aliphatic rings. The number of aromatic carboxylic acids is 1. The lowest BCUT2D eigenvalue weighted by Crippen LogP contribution is -2.23. The van der Waals surface area contributed by atoms with Crippen LogP contribution in [0.3, 0.4) is 0 Å². The number of carboxylic acids is 1. The van der Waals surface area contributed by atoms with Crippen LogP contribution in [0, 0.1) is 11.3 Å². The summed E-state index contributed by atoms with van der Waals surface area (Å²) in [6.07, 6.45) is 0.720. The molecule has 5 rings (SSSR count). The van der Waals surface area contributed by atoms with Gasteiger partial charge in [0.15, 0.2) is 11.0 Å². The highest BCUT2D eigenvalue weighted by atomic mass is 35.5. The molecule has 1 heterocycles. The molecule has 0 saturated carbocycles. The van der Waals surface area contributed by atoms with E-state index in [4.69, 9.17) is 16.9 Å². The second-order valence-corrected chi connectivity index (χ2v) is 10.5. The maximum atomic E-state index is 13.4. The van der Waals surface area contributed by atoms with Crippen molar-refractivity contribution in [2.24, 2.45) is 0 Å². The van der Waals surface area contributed by atoms with E-state index in [-0.39, 0.29) is 16.8 Å². The van der Waals surface area contributed by atoms with Crippen LogP contribution in [0.5, 0.6) is 0 Å². The van der Waals surface area contributed by atoms with Crippen LogP contribution in [0.2, 0.25) is 5.02 Å². The van der Waals surface area contributed by atoms with Crippen LogP contribution >= 0.6 is 11.6 Å². The van der Waals surface area contributed by atoms with E-state index in [1.165, 1.54) is 12.1 Å². The van der Waals surface area contributed by atoms with E-state index >= 15 is 0 Å². The maximum absolute atomic E-state index is 13.4. The van der Waals surface area contributed by atoms with Crippen molar-refractivity contribution < 1.29 is 18.9 Å². The number of halogens is 1. The molecule has 2 N–H and O–H groups in total. The smallest absolute Gasteiger partial charge is 0.337 e. The van der Waals surface area contributed by atoms with Crippen molar-refractivity contribution in [1.82, 2.24) is 0 Å². The molecule has 0 aromatic heterocycles. The Labute approximate surface area is 226 Å². The van der Waals surface area contributed by atoms with Crippen LogP contribution in [0.15, 0.2) is 89.8 Å². The number of anilines is 2. The van der Waals surface area contributed by atoms with Gasteiger partial charge in [0.1, 0.15) is 0 Å². The molecule has 0 fully saturated rings.